The van der Waals surface area contributed by atoms with E-state index in [1.165, 1.54) is 32.1 Å². The Morgan fingerprint density at radius 2 is 1.54 bits per heavy atom. The number of fused-ring (bicyclic) bond motifs is 2. The van der Waals surface area contributed by atoms with Gasteiger partial charge in [-0.3, -0.25) is 0 Å². The van der Waals surface area contributed by atoms with Crippen LogP contribution in [0.25, 0.3) is 0 Å². The highest BCUT2D eigenvalue weighted by Crippen LogP contribution is 2.89. The Hall–Kier alpha value is -0.650. The molecule has 3 unspecified atom stereocenters. The fourth-order valence-electron chi connectivity index (χ4n) is 12.1. The molecule has 0 aromatic carbocycles. The molecule has 0 bridgehead atoms. The number of hydrogen-bond acceptors (Lipinski definition) is 5. The van der Waals surface area contributed by atoms with Gasteiger partial charge in [-0.2, -0.15) is 0 Å². The van der Waals surface area contributed by atoms with E-state index in [1.807, 2.05) is 13.8 Å². The molecule has 3 N–H and O–H groups in total. The summed E-state index contributed by atoms with van der Waals surface area (Å²) in [6, 6.07) is 0. The molecule has 5 heteroatoms. The van der Waals surface area contributed by atoms with Gasteiger partial charge in [-0.15, -0.1) is 0 Å². The molecule has 1 aliphatic heterocycles. The molecule has 1 saturated heterocycles. The number of oxime groups is 1. The van der Waals surface area contributed by atoms with Gasteiger partial charge in [0.2, 0.25) is 0 Å². The SMILES string of the molecule is CC1(C)/C(=N/O)CC[C@]23C[C@]24CC[C@]2(C)C([C@]5(C)CC[C@H](C(C)(C)O)O5)[C@@H](O)C[C@@]2(C)C4CCC13. The summed E-state index contributed by atoms with van der Waals surface area (Å²) in [5.74, 6) is 1.35. The van der Waals surface area contributed by atoms with Crippen LogP contribution in [0, 0.1) is 44.8 Å². The van der Waals surface area contributed by atoms with Crippen molar-refractivity contribution in [2.45, 2.75) is 136 Å². The summed E-state index contributed by atoms with van der Waals surface area (Å²) in [6.45, 7) is 15.6. The largest absolute Gasteiger partial charge is 0.411 e. The van der Waals surface area contributed by atoms with Crippen LogP contribution < -0.4 is 0 Å². The maximum Gasteiger partial charge on any atom is 0.0865 e. The van der Waals surface area contributed by atoms with Gasteiger partial charge in [-0.1, -0.05) is 32.9 Å². The number of hydrogen-bond donors (Lipinski definition) is 3. The first kappa shape index (κ1) is 24.7. The van der Waals surface area contributed by atoms with E-state index in [0.717, 1.165) is 37.8 Å². The van der Waals surface area contributed by atoms with E-state index in [2.05, 4.69) is 39.8 Å². The number of nitrogens with zero attached hydrogens (tertiary/aromatic N) is 1. The number of ether oxygens (including phenoxy) is 1. The van der Waals surface area contributed by atoms with Crippen LogP contribution in [0.3, 0.4) is 0 Å². The van der Waals surface area contributed by atoms with Crippen molar-refractivity contribution in [2.24, 2.45) is 50.0 Å². The average Bonchev–Trinajstić information content (AvgIpc) is 3.13. The molecule has 5 aliphatic carbocycles. The lowest BCUT2D eigenvalue weighted by Crippen LogP contribution is -2.59. The second kappa shape index (κ2) is 6.86. The van der Waals surface area contributed by atoms with Crippen molar-refractivity contribution >= 4 is 5.71 Å². The van der Waals surface area contributed by atoms with Gasteiger partial charge >= 0.3 is 0 Å². The molecular weight excluding hydrogens is 438 g/mol. The second-order valence-electron chi connectivity index (χ2n) is 15.6. The highest BCUT2D eigenvalue weighted by molar-refractivity contribution is 5.90. The molecule has 0 aromatic heterocycles. The monoisotopic (exact) mass is 487 g/mol. The third-order valence-electron chi connectivity index (χ3n) is 13.7. The van der Waals surface area contributed by atoms with Crippen molar-refractivity contribution in [3.05, 3.63) is 0 Å². The predicted octanol–water partition coefficient (Wildman–Crippen LogP) is 5.94. The van der Waals surface area contributed by atoms with Gasteiger partial charge in [0, 0.05) is 11.3 Å². The van der Waals surface area contributed by atoms with Crippen LogP contribution in [0.2, 0.25) is 0 Å². The smallest absolute Gasteiger partial charge is 0.0865 e. The molecule has 0 amide bonds. The van der Waals surface area contributed by atoms with Crippen LogP contribution >= 0.6 is 0 Å². The first-order valence-electron chi connectivity index (χ1n) is 14.4. The quantitative estimate of drug-likeness (QED) is 0.333. The van der Waals surface area contributed by atoms with Crippen molar-refractivity contribution in [1.82, 2.24) is 0 Å². The summed E-state index contributed by atoms with van der Waals surface area (Å²) in [4.78, 5) is 0. The van der Waals surface area contributed by atoms with E-state index in [0.29, 0.717) is 22.7 Å². The predicted molar refractivity (Wildman–Crippen MR) is 136 cm³/mol. The molecule has 2 spiro atoms. The summed E-state index contributed by atoms with van der Waals surface area (Å²) >= 11 is 0. The highest BCUT2D eigenvalue weighted by Gasteiger charge is 2.83. The summed E-state index contributed by atoms with van der Waals surface area (Å²) in [6.07, 6.45) is 10.4. The van der Waals surface area contributed by atoms with Crippen molar-refractivity contribution in [1.29, 1.82) is 0 Å². The number of aliphatic hydroxyl groups excluding tert-OH is 1. The van der Waals surface area contributed by atoms with Crippen molar-refractivity contribution in [3.63, 3.8) is 0 Å². The van der Waals surface area contributed by atoms with Gasteiger partial charge < -0.3 is 20.2 Å². The molecule has 1 heterocycles. The normalized spacial score (nSPS) is 57.9. The van der Waals surface area contributed by atoms with Crippen LogP contribution in [0.1, 0.15) is 113 Å². The standard InChI is InChI=1S/C30H49NO4/c1-24(2)19-8-9-20-27(6)16-18(32)23(28(7)12-11-22(35-28)25(3,4)33)26(27,5)14-15-30(20)17-29(19,30)13-10-21(24)31-34/h18-20,22-23,32-34H,8-17H2,1-7H3/b31-21+/t18-,19?,20?,22+,23?,26+,27-,28-,29+,30-/m0/s1. The van der Waals surface area contributed by atoms with Crippen molar-refractivity contribution in [3.8, 4) is 0 Å². The van der Waals surface area contributed by atoms with Gasteiger partial charge in [-0.05, 0) is 118 Å². The van der Waals surface area contributed by atoms with Gasteiger partial charge in [0.05, 0.1) is 29.1 Å². The first-order chi connectivity index (χ1) is 16.1. The molecule has 5 nitrogen and oxygen atoms in total. The van der Waals surface area contributed by atoms with E-state index in [9.17, 15) is 15.4 Å². The molecule has 0 aromatic rings. The first-order valence-corrected chi connectivity index (χ1v) is 14.4. The maximum absolute atomic E-state index is 11.7. The summed E-state index contributed by atoms with van der Waals surface area (Å²) in [5, 5.41) is 35.9. The minimum atomic E-state index is -0.856. The Kier molecular flexibility index (Phi) is 4.83. The van der Waals surface area contributed by atoms with Crippen molar-refractivity contribution < 1.29 is 20.2 Å². The zero-order valence-corrected chi connectivity index (χ0v) is 23.2. The molecule has 6 fully saturated rings. The topological polar surface area (TPSA) is 82.3 Å². The summed E-state index contributed by atoms with van der Waals surface area (Å²) in [7, 11) is 0. The van der Waals surface area contributed by atoms with E-state index >= 15 is 0 Å². The van der Waals surface area contributed by atoms with E-state index in [-0.39, 0.29) is 34.4 Å². The zero-order valence-electron chi connectivity index (χ0n) is 23.2. The Morgan fingerprint density at radius 1 is 0.886 bits per heavy atom. The molecule has 6 rings (SSSR count). The summed E-state index contributed by atoms with van der Waals surface area (Å²) in [5.41, 5.74) is 0.639. The maximum atomic E-state index is 11.7. The van der Waals surface area contributed by atoms with E-state index < -0.39 is 11.2 Å². The Balaban J connectivity index is 1.34. The molecule has 5 saturated carbocycles. The van der Waals surface area contributed by atoms with Gasteiger partial charge in [0.1, 0.15) is 0 Å². The Bertz CT molecular complexity index is 954. The minimum Gasteiger partial charge on any atom is -0.411 e. The van der Waals surface area contributed by atoms with Crippen LogP contribution in [0.15, 0.2) is 5.16 Å². The number of aliphatic hydroxyl groups is 2. The molecule has 35 heavy (non-hydrogen) atoms. The van der Waals surface area contributed by atoms with E-state index in [1.54, 1.807) is 0 Å². The van der Waals surface area contributed by atoms with E-state index in [4.69, 9.17) is 4.74 Å². The number of rotatable bonds is 2. The highest BCUT2D eigenvalue weighted by atomic mass is 16.5. The minimum absolute atomic E-state index is 0.0296. The molecule has 6 aliphatic rings. The van der Waals surface area contributed by atoms with Crippen LogP contribution in [0.5, 0.6) is 0 Å². The molecule has 198 valence electrons. The van der Waals surface area contributed by atoms with Crippen LogP contribution in [0.4, 0.5) is 0 Å². The fraction of sp³-hybridized carbons (Fsp3) is 0.967. The average molecular weight is 488 g/mol. The third-order valence-corrected chi connectivity index (χ3v) is 13.7. The van der Waals surface area contributed by atoms with Gasteiger partial charge in [0.25, 0.3) is 0 Å². The Labute approximate surface area is 212 Å². The summed E-state index contributed by atoms with van der Waals surface area (Å²) < 4.78 is 6.69. The van der Waals surface area contributed by atoms with Crippen molar-refractivity contribution in [2.75, 3.05) is 0 Å². The molecule has 0 radical (unpaired) electrons. The van der Waals surface area contributed by atoms with Gasteiger partial charge in [-0.25, -0.2) is 0 Å². The Morgan fingerprint density at radius 3 is 2.17 bits per heavy atom. The van der Waals surface area contributed by atoms with Gasteiger partial charge in [0.15, 0.2) is 0 Å². The third kappa shape index (κ3) is 2.74. The lowest BCUT2D eigenvalue weighted by molar-refractivity contribution is -0.190. The van der Waals surface area contributed by atoms with Crippen LogP contribution in [-0.2, 0) is 4.74 Å². The molecule has 10 atom stereocenters. The lowest BCUT2D eigenvalue weighted by Gasteiger charge is -2.63. The lowest BCUT2D eigenvalue weighted by atomic mass is 9.41. The zero-order chi connectivity index (χ0) is 25.4. The second-order valence-corrected chi connectivity index (χ2v) is 15.6. The van der Waals surface area contributed by atoms with Crippen LogP contribution in [-0.4, -0.2) is 44.5 Å². The fourth-order valence-corrected chi connectivity index (χ4v) is 12.1. The molecular formula is C30H49NO4.